The lowest BCUT2D eigenvalue weighted by Crippen LogP contribution is -2.05. The van der Waals surface area contributed by atoms with Crippen molar-refractivity contribution in [1.82, 2.24) is 0 Å². The number of carboxylic acid groups (broad SMARTS) is 1. The van der Waals surface area contributed by atoms with E-state index in [0.29, 0.717) is 0 Å². The zero-order chi connectivity index (χ0) is 10.7. The van der Waals surface area contributed by atoms with Crippen molar-refractivity contribution in [2.45, 2.75) is 0 Å². The Morgan fingerprint density at radius 1 is 1.29 bits per heavy atom. The van der Waals surface area contributed by atoms with E-state index in [1.54, 1.807) is 0 Å². The first-order chi connectivity index (χ1) is 6.57. The van der Waals surface area contributed by atoms with Gasteiger partial charge in [-0.25, -0.2) is 9.18 Å². The number of carboxylic acids is 1. The maximum absolute atomic E-state index is 12.0. The number of phenols is 1. The highest BCUT2D eigenvalue weighted by Crippen LogP contribution is 2.22. The minimum atomic E-state index is -1.36. The Labute approximate surface area is 78.6 Å². The molecule has 0 unspecified atom stereocenters. The third-order valence-corrected chi connectivity index (χ3v) is 1.69. The molecule has 0 aromatic heterocycles. The standard InChI is InChI=1S/C9H7FO4/c10-4-7(11)5-2-1-3-6(8(5)12)9(13)14/h1-3,12H,4H2,(H,13,14). The summed E-state index contributed by atoms with van der Waals surface area (Å²) in [5, 5.41) is 17.9. The van der Waals surface area contributed by atoms with Crippen LogP contribution in [0, 0.1) is 0 Å². The highest BCUT2D eigenvalue weighted by molar-refractivity contribution is 6.03. The molecule has 0 bridgehead atoms. The fourth-order valence-corrected chi connectivity index (χ4v) is 1.01. The summed E-state index contributed by atoms with van der Waals surface area (Å²) in [6.45, 7) is -1.27. The first-order valence-corrected chi connectivity index (χ1v) is 3.72. The normalized spacial score (nSPS) is 9.79. The van der Waals surface area contributed by atoms with E-state index in [1.165, 1.54) is 12.1 Å². The van der Waals surface area contributed by atoms with Gasteiger partial charge in [0, 0.05) is 0 Å². The van der Waals surface area contributed by atoms with Crippen LogP contribution in [0.3, 0.4) is 0 Å². The zero-order valence-electron chi connectivity index (χ0n) is 7.03. The van der Waals surface area contributed by atoms with Gasteiger partial charge < -0.3 is 10.2 Å². The molecule has 1 aromatic rings. The topological polar surface area (TPSA) is 74.6 Å². The van der Waals surface area contributed by atoms with Crippen LogP contribution in [0.1, 0.15) is 20.7 Å². The monoisotopic (exact) mass is 198 g/mol. The van der Waals surface area contributed by atoms with Crippen LogP contribution in [0.15, 0.2) is 18.2 Å². The quantitative estimate of drug-likeness (QED) is 0.716. The summed E-state index contributed by atoms with van der Waals surface area (Å²) in [6.07, 6.45) is 0. The fourth-order valence-electron chi connectivity index (χ4n) is 1.01. The molecule has 0 amide bonds. The van der Waals surface area contributed by atoms with E-state index < -0.39 is 29.7 Å². The van der Waals surface area contributed by atoms with Crippen molar-refractivity contribution in [3.63, 3.8) is 0 Å². The van der Waals surface area contributed by atoms with Gasteiger partial charge in [0.2, 0.25) is 0 Å². The van der Waals surface area contributed by atoms with Crippen molar-refractivity contribution < 1.29 is 24.2 Å². The van der Waals surface area contributed by atoms with Gasteiger partial charge in [-0.3, -0.25) is 4.79 Å². The SMILES string of the molecule is O=C(O)c1cccc(C(=O)CF)c1O. The van der Waals surface area contributed by atoms with Gasteiger partial charge in [0.05, 0.1) is 5.56 Å². The number of ketones is 1. The second-order valence-electron chi connectivity index (χ2n) is 2.56. The number of alkyl halides is 1. The average molecular weight is 198 g/mol. The Bertz CT molecular complexity index is 386. The first kappa shape index (κ1) is 10.2. The number of carbonyl (C=O) groups is 2. The number of carbonyl (C=O) groups excluding carboxylic acids is 1. The molecule has 0 saturated carbocycles. The van der Waals surface area contributed by atoms with Crippen LogP contribution < -0.4 is 0 Å². The minimum absolute atomic E-state index is 0.313. The van der Waals surface area contributed by atoms with Gasteiger partial charge in [0.15, 0.2) is 12.5 Å². The number of hydrogen-bond acceptors (Lipinski definition) is 3. The number of aromatic hydroxyl groups is 1. The van der Waals surface area contributed by atoms with Crippen molar-refractivity contribution in [3.8, 4) is 5.75 Å². The van der Waals surface area contributed by atoms with Gasteiger partial charge in [-0.2, -0.15) is 0 Å². The van der Waals surface area contributed by atoms with Gasteiger partial charge >= 0.3 is 5.97 Å². The summed E-state index contributed by atoms with van der Waals surface area (Å²) in [4.78, 5) is 21.4. The van der Waals surface area contributed by atoms with E-state index in [1.807, 2.05) is 0 Å². The second-order valence-corrected chi connectivity index (χ2v) is 2.56. The predicted molar refractivity (Wildman–Crippen MR) is 45.4 cm³/mol. The van der Waals surface area contributed by atoms with Crippen molar-refractivity contribution in [3.05, 3.63) is 29.3 Å². The number of hydrogen-bond donors (Lipinski definition) is 2. The maximum Gasteiger partial charge on any atom is 0.339 e. The maximum atomic E-state index is 12.0. The summed E-state index contributed by atoms with van der Waals surface area (Å²) in [7, 11) is 0. The Morgan fingerprint density at radius 2 is 1.86 bits per heavy atom. The average Bonchev–Trinajstić information content (AvgIpc) is 2.16. The number of halogens is 1. The molecular formula is C9H7FO4. The molecule has 4 nitrogen and oxygen atoms in total. The number of Topliss-reactive ketones (excluding diaryl/α,β-unsaturated/α-hetero) is 1. The third kappa shape index (κ3) is 1.71. The summed E-state index contributed by atoms with van der Waals surface area (Å²) in [5.74, 6) is -3.00. The van der Waals surface area contributed by atoms with Crippen molar-refractivity contribution in [2.24, 2.45) is 0 Å². The van der Waals surface area contributed by atoms with Crippen LogP contribution in [-0.4, -0.2) is 28.6 Å². The molecule has 1 rings (SSSR count). The van der Waals surface area contributed by atoms with Crippen LogP contribution in [-0.2, 0) is 0 Å². The van der Waals surface area contributed by atoms with Crippen LogP contribution in [0.25, 0.3) is 0 Å². The van der Waals surface area contributed by atoms with E-state index in [-0.39, 0.29) is 5.56 Å². The number of aromatic carboxylic acids is 1. The highest BCUT2D eigenvalue weighted by Gasteiger charge is 2.17. The Kier molecular flexibility index (Phi) is 2.81. The van der Waals surface area contributed by atoms with E-state index in [2.05, 4.69) is 0 Å². The van der Waals surface area contributed by atoms with Crippen molar-refractivity contribution in [1.29, 1.82) is 0 Å². The van der Waals surface area contributed by atoms with E-state index in [9.17, 15) is 19.1 Å². The molecule has 0 radical (unpaired) electrons. The molecule has 0 atom stereocenters. The fraction of sp³-hybridized carbons (Fsp3) is 0.111. The van der Waals surface area contributed by atoms with Gasteiger partial charge in [-0.15, -0.1) is 0 Å². The summed E-state index contributed by atoms with van der Waals surface area (Å²) < 4.78 is 12.0. The zero-order valence-corrected chi connectivity index (χ0v) is 7.03. The van der Waals surface area contributed by atoms with Crippen LogP contribution in [0.4, 0.5) is 4.39 Å². The molecule has 74 valence electrons. The molecular weight excluding hydrogens is 191 g/mol. The van der Waals surface area contributed by atoms with E-state index in [0.717, 1.165) is 6.07 Å². The Hall–Kier alpha value is -1.91. The summed E-state index contributed by atoms with van der Waals surface area (Å²) >= 11 is 0. The lowest BCUT2D eigenvalue weighted by atomic mass is 10.1. The lowest BCUT2D eigenvalue weighted by Gasteiger charge is -2.03. The summed E-state index contributed by atoms with van der Waals surface area (Å²) in [5.41, 5.74) is -0.725. The van der Waals surface area contributed by atoms with Crippen LogP contribution in [0.2, 0.25) is 0 Å². The number of benzene rings is 1. The summed E-state index contributed by atoms with van der Waals surface area (Å²) in [6, 6.07) is 3.57. The van der Waals surface area contributed by atoms with Gasteiger partial charge in [0.1, 0.15) is 11.3 Å². The molecule has 0 aliphatic carbocycles. The van der Waals surface area contributed by atoms with E-state index in [4.69, 9.17) is 5.11 Å². The molecule has 5 heteroatoms. The predicted octanol–water partition coefficient (Wildman–Crippen LogP) is 1.24. The molecule has 0 saturated heterocycles. The number of para-hydroxylation sites is 1. The van der Waals surface area contributed by atoms with Gasteiger partial charge in [0.25, 0.3) is 0 Å². The van der Waals surface area contributed by atoms with Crippen LogP contribution in [0.5, 0.6) is 5.75 Å². The van der Waals surface area contributed by atoms with E-state index >= 15 is 0 Å². The molecule has 0 spiro atoms. The van der Waals surface area contributed by atoms with Gasteiger partial charge in [-0.1, -0.05) is 6.07 Å². The number of rotatable bonds is 3. The molecule has 2 N–H and O–H groups in total. The molecule has 0 heterocycles. The Balaban J connectivity index is 3.27. The van der Waals surface area contributed by atoms with Gasteiger partial charge in [-0.05, 0) is 12.1 Å². The Morgan fingerprint density at radius 3 is 2.36 bits per heavy atom. The lowest BCUT2D eigenvalue weighted by molar-refractivity contribution is 0.0693. The minimum Gasteiger partial charge on any atom is -0.506 e. The molecule has 14 heavy (non-hydrogen) atoms. The van der Waals surface area contributed by atoms with Crippen molar-refractivity contribution in [2.75, 3.05) is 6.67 Å². The first-order valence-electron chi connectivity index (χ1n) is 3.72. The highest BCUT2D eigenvalue weighted by atomic mass is 19.1. The largest absolute Gasteiger partial charge is 0.506 e. The molecule has 0 aliphatic rings. The second kappa shape index (κ2) is 3.87. The molecule has 0 fully saturated rings. The van der Waals surface area contributed by atoms with Crippen molar-refractivity contribution >= 4 is 11.8 Å². The molecule has 1 aromatic carbocycles. The van der Waals surface area contributed by atoms with Crippen LogP contribution >= 0.6 is 0 Å². The molecule has 0 aliphatic heterocycles. The smallest absolute Gasteiger partial charge is 0.339 e. The third-order valence-electron chi connectivity index (χ3n) is 1.69.